The van der Waals surface area contributed by atoms with Gasteiger partial charge in [-0.15, -0.1) is 0 Å². The van der Waals surface area contributed by atoms with Gasteiger partial charge in [-0.1, -0.05) is 67.6 Å². The molecule has 0 N–H and O–H groups in total. The predicted molar refractivity (Wildman–Crippen MR) is 88.7 cm³/mol. The summed E-state index contributed by atoms with van der Waals surface area (Å²) in [5.74, 6) is 0.821. The molecule has 1 heterocycles. The van der Waals surface area contributed by atoms with Gasteiger partial charge in [0, 0.05) is 6.42 Å². The van der Waals surface area contributed by atoms with Gasteiger partial charge in [0.05, 0.1) is 6.20 Å². The van der Waals surface area contributed by atoms with Crippen molar-refractivity contribution in [3.8, 4) is 0 Å². The van der Waals surface area contributed by atoms with Crippen LogP contribution in [0.2, 0.25) is 0 Å². The Morgan fingerprint density at radius 2 is 1.52 bits per heavy atom. The summed E-state index contributed by atoms with van der Waals surface area (Å²) < 4.78 is 5.43. The van der Waals surface area contributed by atoms with E-state index in [-0.39, 0.29) is 0 Å². The van der Waals surface area contributed by atoms with Crippen LogP contribution >= 0.6 is 7.92 Å². The highest BCUT2D eigenvalue weighted by molar-refractivity contribution is 7.73. The van der Waals surface area contributed by atoms with Crippen LogP contribution in [-0.2, 0) is 6.42 Å². The normalized spacial score (nSPS) is 12.5. The zero-order chi connectivity index (χ0) is 14.5. The molecule has 2 nitrogen and oxygen atoms in total. The Kier molecular flexibility index (Phi) is 4.47. The van der Waals surface area contributed by atoms with Crippen molar-refractivity contribution in [3.63, 3.8) is 0 Å². The van der Waals surface area contributed by atoms with Gasteiger partial charge in [-0.05, 0) is 24.2 Å². The second-order valence-corrected chi connectivity index (χ2v) is 7.67. The molecule has 106 valence electrons. The van der Waals surface area contributed by atoms with Crippen molar-refractivity contribution in [1.29, 1.82) is 0 Å². The van der Waals surface area contributed by atoms with Crippen molar-refractivity contribution in [1.82, 2.24) is 4.98 Å². The van der Waals surface area contributed by atoms with Crippen molar-refractivity contribution in [2.24, 2.45) is 0 Å². The fourth-order valence-electron chi connectivity index (χ4n) is 2.53. The number of oxazole rings is 1. The molecule has 0 radical (unpaired) electrons. The number of benzene rings is 2. The third-order valence-electron chi connectivity index (χ3n) is 3.46. The average Bonchev–Trinajstić information content (AvgIpc) is 3.02. The Hall–Kier alpha value is -1.92. The molecule has 0 spiro atoms. The van der Waals surface area contributed by atoms with Gasteiger partial charge in [0.2, 0.25) is 0 Å². The van der Waals surface area contributed by atoms with E-state index in [0.29, 0.717) is 5.66 Å². The molecule has 1 aromatic heterocycles. The molecule has 0 saturated heterocycles. The van der Waals surface area contributed by atoms with E-state index in [1.165, 1.54) is 10.6 Å². The minimum Gasteiger partial charge on any atom is -0.449 e. The van der Waals surface area contributed by atoms with Gasteiger partial charge < -0.3 is 4.42 Å². The highest BCUT2D eigenvalue weighted by Gasteiger charge is 2.22. The Labute approximate surface area is 126 Å². The fraction of sp³-hybridized carbons (Fsp3) is 0.167. The van der Waals surface area contributed by atoms with Crippen molar-refractivity contribution < 1.29 is 4.42 Å². The summed E-state index contributed by atoms with van der Waals surface area (Å²) in [6.45, 7) is 2.29. The summed E-state index contributed by atoms with van der Waals surface area (Å²) in [7, 11) is -0.417. The van der Waals surface area contributed by atoms with Gasteiger partial charge in [-0.3, -0.25) is 0 Å². The van der Waals surface area contributed by atoms with Crippen LogP contribution < -0.4 is 10.6 Å². The zero-order valence-corrected chi connectivity index (χ0v) is 12.9. The molecule has 0 aliphatic rings. The zero-order valence-electron chi connectivity index (χ0n) is 12.0. The van der Waals surface area contributed by atoms with Crippen LogP contribution in [0, 0.1) is 0 Å². The topological polar surface area (TPSA) is 26.0 Å². The highest BCUT2D eigenvalue weighted by Crippen LogP contribution is 2.40. The van der Waals surface area contributed by atoms with E-state index in [1.54, 1.807) is 12.5 Å². The van der Waals surface area contributed by atoms with Crippen LogP contribution in [0.4, 0.5) is 0 Å². The first kappa shape index (κ1) is 14.0. The van der Waals surface area contributed by atoms with Gasteiger partial charge in [-0.25, -0.2) is 4.98 Å². The minimum absolute atomic E-state index is 0.417. The van der Waals surface area contributed by atoms with E-state index in [4.69, 9.17) is 4.42 Å². The van der Waals surface area contributed by atoms with E-state index >= 15 is 0 Å². The van der Waals surface area contributed by atoms with E-state index in [0.717, 1.165) is 12.3 Å². The number of hydrogen-bond acceptors (Lipinski definition) is 2. The molecule has 21 heavy (non-hydrogen) atoms. The lowest BCUT2D eigenvalue weighted by molar-refractivity contribution is 0.493. The molecule has 0 amide bonds. The van der Waals surface area contributed by atoms with E-state index in [2.05, 4.69) is 72.6 Å². The summed E-state index contributed by atoms with van der Waals surface area (Å²) in [5, 5.41) is 2.80. The molecule has 3 heteroatoms. The Morgan fingerprint density at radius 3 is 2.00 bits per heavy atom. The Balaban J connectivity index is 1.92. The van der Waals surface area contributed by atoms with Gasteiger partial charge in [0.1, 0.15) is 6.26 Å². The first-order chi connectivity index (χ1) is 10.3. The standard InChI is InChI=1S/C18H18NOP/c1-15(14-18-19-12-13-20-18)21(16-8-4-2-5-9-16)17-10-6-3-7-11-17/h2-13,15H,14H2,1H3. The first-order valence-electron chi connectivity index (χ1n) is 7.12. The summed E-state index contributed by atoms with van der Waals surface area (Å²) in [6, 6.07) is 21.5. The second-order valence-electron chi connectivity index (χ2n) is 5.02. The number of rotatable bonds is 5. The van der Waals surface area contributed by atoms with Gasteiger partial charge in [0.15, 0.2) is 5.89 Å². The smallest absolute Gasteiger partial charge is 0.194 e. The van der Waals surface area contributed by atoms with Crippen LogP contribution in [0.3, 0.4) is 0 Å². The third-order valence-corrected chi connectivity index (χ3v) is 6.24. The van der Waals surface area contributed by atoms with Crippen LogP contribution in [0.1, 0.15) is 12.8 Å². The monoisotopic (exact) mass is 295 g/mol. The molecule has 0 saturated carbocycles. The maximum absolute atomic E-state index is 5.43. The Bertz CT molecular complexity index is 613. The van der Waals surface area contributed by atoms with Gasteiger partial charge in [0.25, 0.3) is 0 Å². The molecule has 1 unspecified atom stereocenters. The maximum Gasteiger partial charge on any atom is 0.194 e. The van der Waals surface area contributed by atoms with Gasteiger partial charge in [-0.2, -0.15) is 0 Å². The summed E-state index contributed by atoms with van der Waals surface area (Å²) in [6.07, 6.45) is 4.23. The molecule has 3 rings (SSSR count). The van der Waals surface area contributed by atoms with Gasteiger partial charge >= 0.3 is 0 Å². The molecule has 0 bridgehead atoms. The molecular weight excluding hydrogens is 277 g/mol. The van der Waals surface area contributed by atoms with Crippen LogP contribution in [-0.4, -0.2) is 10.6 Å². The molecule has 1 atom stereocenters. The molecule has 2 aromatic carbocycles. The van der Waals surface area contributed by atoms with Crippen LogP contribution in [0.15, 0.2) is 77.5 Å². The average molecular weight is 295 g/mol. The lowest BCUT2D eigenvalue weighted by Crippen LogP contribution is -2.21. The molecular formula is C18H18NOP. The fourth-order valence-corrected chi connectivity index (χ4v) is 5.17. The van der Waals surface area contributed by atoms with Crippen molar-refractivity contribution in [2.45, 2.75) is 19.0 Å². The van der Waals surface area contributed by atoms with Crippen LogP contribution in [0.25, 0.3) is 0 Å². The SMILES string of the molecule is CC(Cc1ncco1)P(c1ccccc1)c1ccccc1. The quantitative estimate of drug-likeness (QED) is 0.670. The summed E-state index contributed by atoms with van der Waals surface area (Å²) in [4.78, 5) is 4.27. The second kappa shape index (κ2) is 6.69. The number of hydrogen-bond donors (Lipinski definition) is 0. The highest BCUT2D eigenvalue weighted by atomic mass is 31.1. The summed E-state index contributed by atoms with van der Waals surface area (Å²) >= 11 is 0. The molecule has 0 aliphatic heterocycles. The van der Waals surface area contributed by atoms with Crippen LogP contribution in [0.5, 0.6) is 0 Å². The lowest BCUT2D eigenvalue weighted by atomic mass is 10.3. The minimum atomic E-state index is -0.417. The number of aromatic nitrogens is 1. The van der Waals surface area contributed by atoms with Crippen molar-refractivity contribution in [3.05, 3.63) is 79.0 Å². The van der Waals surface area contributed by atoms with E-state index < -0.39 is 7.92 Å². The Morgan fingerprint density at radius 1 is 0.952 bits per heavy atom. The first-order valence-corrected chi connectivity index (χ1v) is 8.53. The predicted octanol–water partition coefficient (Wildman–Crippen LogP) is 3.74. The number of nitrogens with zero attached hydrogens (tertiary/aromatic N) is 1. The molecule has 3 aromatic rings. The van der Waals surface area contributed by atoms with E-state index in [1.807, 2.05) is 0 Å². The largest absolute Gasteiger partial charge is 0.449 e. The summed E-state index contributed by atoms with van der Waals surface area (Å²) in [5.41, 5.74) is 0.475. The lowest BCUT2D eigenvalue weighted by Gasteiger charge is -2.24. The third kappa shape index (κ3) is 3.40. The molecule has 0 aliphatic carbocycles. The van der Waals surface area contributed by atoms with E-state index in [9.17, 15) is 0 Å². The van der Waals surface area contributed by atoms with Crippen molar-refractivity contribution >= 4 is 18.5 Å². The van der Waals surface area contributed by atoms with Crippen molar-refractivity contribution in [2.75, 3.05) is 0 Å². The molecule has 0 fully saturated rings. The maximum atomic E-state index is 5.43.